The van der Waals surface area contributed by atoms with Crippen LogP contribution in [0.15, 0.2) is 17.1 Å². The number of aromatic nitrogens is 3. The van der Waals surface area contributed by atoms with Crippen molar-refractivity contribution in [1.29, 1.82) is 0 Å². The number of hydrogen-bond acceptors (Lipinski definition) is 6. The van der Waals surface area contributed by atoms with Gasteiger partial charge in [-0.05, 0) is 45.1 Å². The van der Waals surface area contributed by atoms with Crippen molar-refractivity contribution in [2.45, 2.75) is 65.1 Å². The van der Waals surface area contributed by atoms with E-state index >= 15 is 0 Å². The summed E-state index contributed by atoms with van der Waals surface area (Å²) in [5, 5.41) is 28.1. The van der Waals surface area contributed by atoms with E-state index in [1.807, 2.05) is 13.8 Å². The van der Waals surface area contributed by atoms with Gasteiger partial charge in [0.05, 0.1) is 11.8 Å². The summed E-state index contributed by atoms with van der Waals surface area (Å²) in [6.07, 6.45) is 6.87. The van der Waals surface area contributed by atoms with Crippen molar-refractivity contribution in [2.75, 3.05) is 13.1 Å². The van der Waals surface area contributed by atoms with Crippen molar-refractivity contribution >= 4 is 23.5 Å². The molecule has 2 aliphatic rings. The lowest BCUT2D eigenvalue weighted by Gasteiger charge is -2.25. The molecule has 1 atom stereocenters. The molecule has 0 aromatic carbocycles. The molecule has 1 saturated heterocycles. The van der Waals surface area contributed by atoms with E-state index in [1.54, 1.807) is 24.8 Å². The summed E-state index contributed by atoms with van der Waals surface area (Å²) in [4.78, 5) is 40.2. The Morgan fingerprint density at radius 3 is 2.59 bits per heavy atom. The highest BCUT2D eigenvalue weighted by Crippen LogP contribution is 2.28. The third-order valence-electron chi connectivity index (χ3n) is 6.50. The lowest BCUT2D eigenvalue weighted by Crippen LogP contribution is -2.35. The average molecular weight is 472 g/mol. The van der Waals surface area contributed by atoms with Crippen molar-refractivity contribution in [2.24, 2.45) is 11.8 Å². The number of aromatic hydroxyl groups is 1. The van der Waals surface area contributed by atoms with Crippen molar-refractivity contribution in [1.82, 2.24) is 24.4 Å². The number of nitrogens with one attached hydrogen (secondary N) is 1. The third-order valence-corrected chi connectivity index (χ3v) is 6.50. The summed E-state index contributed by atoms with van der Waals surface area (Å²) >= 11 is 0. The van der Waals surface area contributed by atoms with E-state index in [4.69, 9.17) is 0 Å². The minimum atomic E-state index is -0.852. The zero-order chi connectivity index (χ0) is 24.8. The molecule has 34 heavy (non-hydrogen) atoms. The fourth-order valence-corrected chi connectivity index (χ4v) is 4.35. The Morgan fingerprint density at radius 2 is 2.00 bits per heavy atom. The van der Waals surface area contributed by atoms with Gasteiger partial charge in [0.15, 0.2) is 5.56 Å². The third kappa shape index (κ3) is 4.72. The van der Waals surface area contributed by atoms with Crippen LogP contribution >= 0.6 is 0 Å². The predicted octanol–water partition coefficient (Wildman–Crippen LogP) is 1.38. The molecule has 4 rings (SSSR count). The van der Waals surface area contributed by atoms with Crippen molar-refractivity contribution < 1.29 is 19.8 Å². The second kappa shape index (κ2) is 8.90. The minimum Gasteiger partial charge on any atom is -0.494 e. The summed E-state index contributed by atoms with van der Waals surface area (Å²) in [7, 11) is 0. The normalized spacial score (nSPS) is 19.0. The van der Waals surface area contributed by atoms with Crippen LogP contribution in [0.5, 0.6) is 5.88 Å². The van der Waals surface area contributed by atoms with Crippen LogP contribution in [0.1, 0.15) is 62.9 Å². The molecule has 2 amide bonds. The van der Waals surface area contributed by atoms with Gasteiger partial charge >= 0.3 is 0 Å². The van der Waals surface area contributed by atoms with Crippen molar-refractivity contribution in [3.63, 3.8) is 0 Å². The summed E-state index contributed by atoms with van der Waals surface area (Å²) in [5.74, 6) is -1.10. The van der Waals surface area contributed by atoms with E-state index in [2.05, 4.69) is 10.4 Å². The first-order chi connectivity index (χ1) is 16.0. The SMILES string of the molecule is CC(C)Cn1c(O)c(C(=O)NC2CC2)c(=O)n2ncc(/C=C/C(=O)N3CC[C@H](C(C)(C)O)C3)c12. The van der Waals surface area contributed by atoms with Gasteiger partial charge in [0.2, 0.25) is 11.8 Å². The van der Waals surface area contributed by atoms with E-state index in [0.29, 0.717) is 30.8 Å². The molecule has 1 aliphatic carbocycles. The summed E-state index contributed by atoms with van der Waals surface area (Å²) in [6.45, 7) is 8.80. The number of carbonyl (C=O) groups excluding carboxylic acids is 2. The molecule has 10 heteroatoms. The van der Waals surface area contributed by atoms with Crippen LogP contribution < -0.4 is 10.9 Å². The van der Waals surface area contributed by atoms with Gasteiger partial charge in [-0.2, -0.15) is 9.61 Å². The second-order valence-electron chi connectivity index (χ2n) is 10.3. The molecule has 0 radical (unpaired) electrons. The number of fused-ring (bicyclic) bond motifs is 1. The Morgan fingerprint density at radius 1 is 1.29 bits per heavy atom. The van der Waals surface area contributed by atoms with Crippen LogP contribution in [0.3, 0.4) is 0 Å². The molecule has 2 aromatic heterocycles. The van der Waals surface area contributed by atoms with Crippen LogP contribution in [-0.4, -0.2) is 65.8 Å². The molecule has 0 unspecified atom stereocenters. The maximum absolute atomic E-state index is 13.1. The highest BCUT2D eigenvalue weighted by atomic mass is 16.3. The molecule has 1 saturated carbocycles. The number of nitrogens with zero attached hydrogens (tertiary/aromatic N) is 4. The topological polar surface area (TPSA) is 129 Å². The fourth-order valence-electron chi connectivity index (χ4n) is 4.35. The molecule has 1 aliphatic heterocycles. The van der Waals surface area contributed by atoms with Gasteiger partial charge in [0.25, 0.3) is 11.5 Å². The summed E-state index contributed by atoms with van der Waals surface area (Å²) < 4.78 is 2.61. The Hall–Kier alpha value is -3.14. The number of rotatable bonds is 7. The van der Waals surface area contributed by atoms with E-state index in [1.165, 1.54) is 16.8 Å². The van der Waals surface area contributed by atoms with E-state index in [0.717, 1.165) is 23.8 Å². The molecular weight excluding hydrogens is 438 g/mol. The predicted molar refractivity (Wildman–Crippen MR) is 126 cm³/mol. The first-order valence-corrected chi connectivity index (χ1v) is 11.8. The Balaban J connectivity index is 1.68. The van der Waals surface area contributed by atoms with Gasteiger partial charge in [-0.15, -0.1) is 0 Å². The van der Waals surface area contributed by atoms with Crippen molar-refractivity contribution in [3.8, 4) is 5.88 Å². The van der Waals surface area contributed by atoms with Crippen LogP contribution in [-0.2, 0) is 11.3 Å². The van der Waals surface area contributed by atoms with Gasteiger partial charge in [-0.25, -0.2) is 0 Å². The highest BCUT2D eigenvalue weighted by Gasteiger charge is 2.35. The highest BCUT2D eigenvalue weighted by molar-refractivity contribution is 5.97. The van der Waals surface area contributed by atoms with Gasteiger partial charge < -0.3 is 20.4 Å². The Bertz CT molecular complexity index is 1200. The summed E-state index contributed by atoms with van der Waals surface area (Å²) in [6, 6.07) is 0.0317. The van der Waals surface area contributed by atoms with E-state index in [9.17, 15) is 24.6 Å². The van der Waals surface area contributed by atoms with Gasteiger partial charge in [-0.1, -0.05) is 13.8 Å². The number of carbonyl (C=O) groups is 2. The average Bonchev–Trinajstić information content (AvgIpc) is 3.25. The monoisotopic (exact) mass is 471 g/mol. The first kappa shape index (κ1) is 24.0. The summed E-state index contributed by atoms with van der Waals surface area (Å²) in [5.41, 5.74) is -1.09. The molecule has 184 valence electrons. The van der Waals surface area contributed by atoms with Crippen LogP contribution in [0.25, 0.3) is 11.7 Å². The maximum atomic E-state index is 13.1. The van der Waals surface area contributed by atoms with Crippen molar-refractivity contribution in [3.05, 3.63) is 33.8 Å². The smallest absolute Gasteiger partial charge is 0.291 e. The molecule has 2 fully saturated rings. The molecule has 0 spiro atoms. The minimum absolute atomic E-state index is 0.00945. The molecule has 3 N–H and O–H groups in total. The molecule has 10 nitrogen and oxygen atoms in total. The van der Waals surface area contributed by atoms with Crippen LogP contribution in [0.4, 0.5) is 0 Å². The van der Waals surface area contributed by atoms with Crippen LogP contribution in [0.2, 0.25) is 0 Å². The lowest BCUT2D eigenvalue weighted by atomic mass is 9.90. The zero-order valence-corrected chi connectivity index (χ0v) is 20.1. The lowest BCUT2D eigenvalue weighted by molar-refractivity contribution is -0.125. The molecular formula is C24H33N5O5. The largest absolute Gasteiger partial charge is 0.494 e. The Labute approximate surface area is 197 Å². The second-order valence-corrected chi connectivity index (χ2v) is 10.3. The number of likely N-dealkylation sites (tertiary alicyclic amines) is 1. The Kier molecular flexibility index (Phi) is 6.28. The molecule has 0 bridgehead atoms. The quantitative estimate of drug-likeness (QED) is 0.523. The van der Waals surface area contributed by atoms with Gasteiger partial charge in [0.1, 0.15) is 5.65 Å². The van der Waals surface area contributed by atoms with E-state index in [-0.39, 0.29) is 29.3 Å². The zero-order valence-electron chi connectivity index (χ0n) is 20.1. The van der Waals surface area contributed by atoms with Crippen LogP contribution in [0, 0.1) is 11.8 Å². The van der Waals surface area contributed by atoms with Gasteiger partial charge in [0, 0.05) is 43.2 Å². The van der Waals surface area contributed by atoms with E-state index < -0.39 is 22.9 Å². The van der Waals surface area contributed by atoms with Gasteiger partial charge in [-0.3, -0.25) is 19.0 Å². The number of hydrogen-bond donors (Lipinski definition) is 3. The fraction of sp³-hybridized carbons (Fsp3) is 0.583. The first-order valence-electron chi connectivity index (χ1n) is 11.8. The molecule has 3 heterocycles. The maximum Gasteiger partial charge on any atom is 0.291 e. The standard InChI is InChI=1S/C24H33N5O5/c1-14(2)12-28-21-15(5-8-18(30)27-10-9-16(13-27)24(3,4)34)11-25-29(21)23(33)19(22(28)32)20(31)26-17-6-7-17/h5,8,11,14,16-17,32,34H,6-7,9-10,12-13H2,1-4H3,(H,26,31)/b8-5+/t16-/m0/s1. The number of aliphatic hydroxyl groups is 1. The molecule has 2 aromatic rings. The number of amides is 2.